The van der Waals surface area contributed by atoms with E-state index in [0.717, 1.165) is 26.5 Å². The summed E-state index contributed by atoms with van der Waals surface area (Å²) in [7, 11) is 1.49. The van der Waals surface area contributed by atoms with E-state index >= 15 is 0 Å². The SMILES string of the molecule is CCOc1ccc2nc3cc(OC)c(=O)cc-3sc2c1. The normalized spacial score (nSPS) is 10.9. The number of nitrogens with zero attached hydrogens (tertiary/aromatic N) is 1. The van der Waals surface area contributed by atoms with Gasteiger partial charge in [-0.05, 0) is 25.1 Å². The highest BCUT2D eigenvalue weighted by Gasteiger charge is 2.12. The zero-order valence-electron chi connectivity index (χ0n) is 11.2. The van der Waals surface area contributed by atoms with Gasteiger partial charge >= 0.3 is 0 Å². The lowest BCUT2D eigenvalue weighted by molar-refractivity contribution is 0.341. The molecule has 1 heterocycles. The van der Waals surface area contributed by atoms with Crippen LogP contribution in [0.3, 0.4) is 0 Å². The van der Waals surface area contributed by atoms with Gasteiger partial charge in [-0.3, -0.25) is 4.79 Å². The van der Waals surface area contributed by atoms with Crippen molar-refractivity contribution in [1.29, 1.82) is 0 Å². The predicted molar refractivity (Wildman–Crippen MR) is 80.2 cm³/mol. The molecular formula is C15H13NO3S. The standard InChI is InChI=1S/C15H13NO3S/c1-3-19-9-4-5-10-14(6-9)20-15-8-12(17)13(18-2)7-11(15)16-10/h4-8H,3H2,1-2H3. The van der Waals surface area contributed by atoms with Gasteiger partial charge in [0, 0.05) is 12.1 Å². The molecule has 0 spiro atoms. The lowest BCUT2D eigenvalue weighted by atomic mass is 10.2. The van der Waals surface area contributed by atoms with E-state index in [1.807, 2.05) is 25.1 Å². The molecule has 0 N–H and O–H groups in total. The summed E-state index contributed by atoms with van der Waals surface area (Å²) in [6.45, 7) is 2.57. The summed E-state index contributed by atoms with van der Waals surface area (Å²) in [6.07, 6.45) is 0. The molecule has 1 aromatic rings. The van der Waals surface area contributed by atoms with Crippen molar-refractivity contribution < 1.29 is 9.47 Å². The van der Waals surface area contributed by atoms with Crippen molar-refractivity contribution in [3.05, 3.63) is 40.6 Å². The van der Waals surface area contributed by atoms with Gasteiger partial charge in [-0.15, -0.1) is 11.3 Å². The van der Waals surface area contributed by atoms with Crippen LogP contribution in [0.25, 0.3) is 20.8 Å². The molecule has 0 saturated heterocycles. The Kier molecular flexibility index (Phi) is 3.28. The first-order valence-corrected chi connectivity index (χ1v) is 7.08. The summed E-state index contributed by atoms with van der Waals surface area (Å²) < 4.78 is 11.5. The third kappa shape index (κ3) is 2.20. The Labute approximate surface area is 120 Å². The molecule has 2 aliphatic rings. The van der Waals surface area contributed by atoms with Crippen LogP contribution in [-0.4, -0.2) is 18.7 Å². The smallest absolute Gasteiger partial charge is 0.221 e. The Morgan fingerprint density at radius 2 is 2.10 bits per heavy atom. The molecule has 0 saturated carbocycles. The first-order chi connectivity index (χ1) is 9.71. The summed E-state index contributed by atoms with van der Waals surface area (Å²) in [5.41, 5.74) is 1.52. The minimum Gasteiger partial charge on any atom is -0.494 e. The van der Waals surface area contributed by atoms with Gasteiger partial charge in [0.05, 0.1) is 34.5 Å². The van der Waals surface area contributed by atoms with Crippen LogP contribution < -0.4 is 14.9 Å². The minimum absolute atomic E-state index is 0.127. The van der Waals surface area contributed by atoms with Gasteiger partial charge in [-0.2, -0.15) is 0 Å². The van der Waals surface area contributed by atoms with Crippen LogP contribution in [0, 0.1) is 0 Å². The van der Waals surface area contributed by atoms with Gasteiger partial charge in [-0.1, -0.05) is 0 Å². The molecule has 5 heteroatoms. The van der Waals surface area contributed by atoms with E-state index < -0.39 is 0 Å². The van der Waals surface area contributed by atoms with Crippen LogP contribution in [0.15, 0.2) is 35.1 Å². The maximum atomic E-state index is 11.8. The summed E-state index contributed by atoms with van der Waals surface area (Å²) in [6, 6.07) is 9.03. The molecule has 0 fully saturated rings. The molecule has 1 aromatic carbocycles. The second-order valence-electron chi connectivity index (χ2n) is 4.25. The molecule has 0 unspecified atom stereocenters. The van der Waals surface area contributed by atoms with E-state index in [4.69, 9.17) is 9.47 Å². The van der Waals surface area contributed by atoms with E-state index in [1.165, 1.54) is 18.4 Å². The largest absolute Gasteiger partial charge is 0.494 e. The molecule has 20 heavy (non-hydrogen) atoms. The number of benzene rings is 2. The molecule has 1 aliphatic carbocycles. The molecule has 102 valence electrons. The molecule has 0 bridgehead atoms. The molecule has 0 radical (unpaired) electrons. The van der Waals surface area contributed by atoms with Gasteiger partial charge in [0.15, 0.2) is 5.75 Å². The maximum Gasteiger partial charge on any atom is 0.221 e. The second kappa shape index (κ2) is 5.09. The minimum atomic E-state index is -0.127. The van der Waals surface area contributed by atoms with Crippen molar-refractivity contribution >= 4 is 21.6 Å². The number of methoxy groups -OCH3 is 1. The fourth-order valence-corrected chi connectivity index (χ4v) is 3.04. The van der Waals surface area contributed by atoms with E-state index in [2.05, 4.69) is 4.98 Å². The zero-order valence-corrected chi connectivity index (χ0v) is 12.0. The third-order valence-electron chi connectivity index (χ3n) is 2.95. The van der Waals surface area contributed by atoms with Gasteiger partial charge in [0.1, 0.15) is 5.75 Å². The Morgan fingerprint density at radius 3 is 2.85 bits per heavy atom. The van der Waals surface area contributed by atoms with E-state index in [0.29, 0.717) is 12.4 Å². The van der Waals surface area contributed by atoms with Crippen molar-refractivity contribution in [2.24, 2.45) is 0 Å². The average Bonchev–Trinajstić information content (AvgIpc) is 2.45. The van der Waals surface area contributed by atoms with Crippen LogP contribution in [0.5, 0.6) is 11.5 Å². The number of hydrogen-bond acceptors (Lipinski definition) is 5. The van der Waals surface area contributed by atoms with Crippen molar-refractivity contribution in [3.8, 4) is 22.1 Å². The molecular weight excluding hydrogens is 274 g/mol. The Morgan fingerprint density at radius 1 is 1.25 bits per heavy atom. The lowest BCUT2D eigenvalue weighted by Gasteiger charge is -2.09. The first-order valence-electron chi connectivity index (χ1n) is 6.26. The molecule has 0 amide bonds. The van der Waals surface area contributed by atoms with E-state index in [-0.39, 0.29) is 5.43 Å². The van der Waals surface area contributed by atoms with Gasteiger partial charge in [-0.25, -0.2) is 4.98 Å². The molecule has 1 aliphatic heterocycles. The van der Waals surface area contributed by atoms with E-state index in [9.17, 15) is 4.79 Å². The van der Waals surface area contributed by atoms with Gasteiger partial charge in [0.2, 0.25) is 5.43 Å². The molecule has 0 atom stereocenters. The van der Waals surface area contributed by atoms with E-state index in [1.54, 1.807) is 12.1 Å². The second-order valence-corrected chi connectivity index (χ2v) is 5.33. The summed E-state index contributed by atoms with van der Waals surface area (Å²) >= 11 is 1.53. The predicted octanol–water partition coefficient (Wildman–Crippen LogP) is 3.17. The fraction of sp³-hybridized carbons (Fsp3) is 0.200. The zero-order chi connectivity index (χ0) is 14.1. The lowest BCUT2D eigenvalue weighted by Crippen LogP contribution is -2.05. The van der Waals surface area contributed by atoms with Crippen molar-refractivity contribution in [3.63, 3.8) is 0 Å². The first kappa shape index (κ1) is 12.9. The maximum absolute atomic E-state index is 11.8. The third-order valence-corrected chi connectivity index (χ3v) is 4.04. The molecule has 4 nitrogen and oxygen atoms in total. The Bertz CT molecular complexity index is 797. The topological polar surface area (TPSA) is 48.4 Å². The van der Waals surface area contributed by atoms with Crippen LogP contribution >= 0.6 is 11.3 Å². The van der Waals surface area contributed by atoms with Crippen LogP contribution in [0.1, 0.15) is 6.92 Å². The number of ether oxygens (including phenoxy) is 2. The van der Waals surface area contributed by atoms with Gasteiger partial charge in [0.25, 0.3) is 0 Å². The number of rotatable bonds is 3. The van der Waals surface area contributed by atoms with Crippen LogP contribution in [0.4, 0.5) is 0 Å². The Hall–Kier alpha value is -2.14. The summed E-state index contributed by atoms with van der Waals surface area (Å²) in [5.74, 6) is 1.13. The highest BCUT2D eigenvalue weighted by molar-refractivity contribution is 7.21. The summed E-state index contributed by atoms with van der Waals surface area (Å²) in [4.78, 5) is 17.2. The number of fused-ring (bicyclic) bond motifs is 2. The fourth-order valence-electron chi connectivity index (χ4n) is 2.03. The van der Waals surface area contributed by atoms with Crippen molar-refractivity contribution in [1.82, 2.24) is 4.98 Å². The number of hydrogen-bond donors (Lipinski definition) is 0. The highest BCUT2D eigenvalue weighted by atomic mass is 32.1. The quantitative estimate of drug-likeness (QED) is 0.694. The molecule has 0 aromatic heterocycles. The van der Waals surface area contributed by atoms with Crippen molar-refractivity contribution in [2.45, 2.75) is 6.92 Å². The monoisotopic (exact) mass is 287 g/mol. The average molecular weight is 287 g/mol. The van der Waals surface area contributed by atoms with Crippen LogP contribution in [-0.2, 0) is 0 Å². The Balaban J connectivity index is 2.24. The van der Waals surface area contributed by atoms with Crippen molar-refractivity contribution in [2.75, 3.05) is 13.7 Å². The van der Waals surface area contributed by atoms with Gasteiger partial charge < -0.3 is 9.47 Å². The number of aromatic nitrogens is 1. The highest BCUT2D eigenvalue weighted by Crippen LogP contribution is 2.33. The summed E-state index contributed by atoms with van der Waals surface area (Å²) in [5, 5.41) is 0. The molecule has 3 rings (SSSR count). The van der Waals surface area contributed by atoms with Crippen LogP contribution in [0.2, 0.25) is 0 Å².